The summed E-state index contributed by atoms with van der Waals surface area (Å²) in [5.41, 5.74) is 1.35. The lowest BCUT2D eigenvalue weighted by Crippen LogP contribution is -2.01. The van der Waals surface area contributed by atoms with E-state index in [4.69, 9.17) is 0 Å². The molecule has 0 saturated carbocycles. The van der Waals surface area contributed by atoms with Gasteiger partial charge in [0, 0.05) is 0 Å². The minimum Gasteiger partial charge on any atom is -0.508 e. The number of aromatic hydroxyl groups is 1. The first-order chi connectivity index (χ1) is 9.76. The average Bonchev–Trinajstić information content (AvgIpc) is 2.47. The third kappa shape index (κ3) is 7.57. The summed E-state index contributed by atoms with van der Waals surface area (Å²) >= 11 is 0. The normalized spacial score (nSPS) is 11.2. The first-order valence-corrected chi connectivity index (χ1v) is 8.54. The van der Waals surface area contributed by atoms with Crippen molar-refractivity contribution in [2.24, 2.45) is 5.92 Å². The van der Waals surface area contributed by atoms with Crippen molar-refractivity contribution in [3.05, 3.63) is 29.8 Å². The fourth-order valence-corrected chi connectivity index (χ4v) is 2.84. The SMILES string of the molecule is CCCCC(CCCC)CCCCc1ccc(O)cc1. The second-order valence-corrected chi connectivity index (χ2v) is 6.06. The van der Waals surface area contributed by atoms with Crippen LogP contribution in [0.4, 0.5) is 0 Å². The Morgan fingerprint density at radius 2 is 1.35 bits per heavy atom. The van der Waals surface area contributed by atoms with Crippen molar-refractivity contribution in [1.29, 1.82) is 0 Å². The molecule has 1 heteroatoms. The molecule has 0 heterocycles. The zero-order valence-corrected chi connectivity index (χ0v) is 13.4. The van der Waals surface area contributed by atoms with Crippen molar-refractivity contribution in [1.82, 2.24) is 0 Å². The molecule has 1 aromatic rings. The highest BCUT2D eigenvalue weighted by Crippen LogP contribution is 2.23. The molecule has 0 aliphatic rings. The zero-order valence-electron chi connectivity index (χ0n) is 13.4. The molecular formula is C19H32O. The first kappa shape index (κ1) is 17.1. The maximum absolute atomic E-state index is 9.27. The Balaban J connectivity index is 2.19. The Morgan fingerprint density at radius 3 is 1.90 bits per heavy atom. The molecule has 1 rings (SSSR count). The van der Waals surface area contributed by atoms with E-state index in [2.05, 4.69) is 13.8 Å². The zero-order chi connectivity index (χ0) is 14.6. The molecular weight excluding hydrogens is 244 g/mol. The van der Waals surface area contributed by atoms with Gasteiger partial charge in [0.05, 0.1) is 0 Å². The summed E-state index contributed by atoms with van der Waals surface area (Å²) in [5.74, 6) is 1.32. The largest absolute Gasteiger partial charge is 0.508 e. The Bertz CT molecular complexity index is 320. The molecule has 0 atom stereocenters. The lowest BCUT2D eigenvalue weighted by Gasteiger charge is -2.16. The summed E-state index contributed by atoms with van der Waals surface area (Å²) in [4.78, 5) is 0. The molecule has 114 valence electrons. The van der Waals surface area contributed by atoms with Crippen molar-refractivity contribution in [3.8, 4) is 5.75 Å². The molecule has 0 saturated heterocycles. The second kappa shape index (κ2) is 10.8. The lowest BCUT2D eigenvalue weighted by atomic mass is 9.90. The van der Waals surface area contributed by atoms with Crippen molar-refractivity contribution < 1.29 is 5.11 Å². The van der Waals surface area contributed by atoms with Gasteiger partial charge in [-0.05, 0) is 36.5 Å². The second-order valence-electron chi connectivity index (χ2n) is 6.06. The third-order valence-electron chi connectivity index (χ3n) is 4.20. The summed E-state index contributed by atoms with van der Waals surface area (Å²) < 4.78 is 0. The van der Waals surface area contributed by atoms with Crippen LogP contribution in [0.5, 0.6) is 5.75 Å². The number of benzene rings is 1. The number of hydrogen-bond donors (Lipinski definition) is 1. The number of rotatable bonds is 11. The number of aryl methyl sites for hydroxylation is 1. The Morgan fingerprint density at radius 1 is 0.800 bits per heavy atom. The van der Waals surface area contributed by atoms with Gasteiger partial charge in [-0.15, -0.1) is 0 Å². The van der Waals surface area contributed by atoms with Crippen LogP contribution in [-0.2, 0) is 6.42 Å². The van der Waals surface area contributed by atoms with Crippen LogP contribution >= 0.6 is 0 Å². The molecule has 1 nitrogen and oxygen atoms in total. The predicted octanol–water partition coefficient (Wildman–Crippen LogP) is 6.10. The molecule has 1 aromatic carbocycles. The van der Waals surface area contributed by atoms with Crippen molar-refractivity contribution in [2.75, 3.05) is 0 Å². The van der Waals surface area contributed by atoms with E-state index in [0.717, 1.165) is 12.3 Å². The quantitative estimate of drug-likeness (QED) is 0.484. The standard InChI is InChI=1S/C19H32O/c1-3-5-9-17(10-6-4-2)11-7-8-12-18-13-15-19(20)16-14-18/h13-17,20H,3-12H2,1-2H3. The Hall–Kier alpha value is -0.980. The summed E-state index contributed by atoms with van der Waals surface area (Å²) in [5, 5.41) is 9.27. The van der Waals surface area contributed by atoms with E-state index in [0.29, 0.717) is 5.75 Å². The summed E-state index contributed by atoms with van der Waals surface area (Å²) in [7, 11) is 0. The van der Waals surface area contributed by atoms with Crippen molar-refractivity contribution in [3.63, 3.8) is 0 Å². The molecule has 0 aliphatic carbocycles. The van der Waals surface area contributed by atoms with E-state index in [-0.39, 0.29) is 0 Å². The lowest BCUT2D eigenvalue weighted by molar-refractivity contribution is 0.380. The molecule has 0 aromatic heterocycles. The Kier molecular flexibility index (Phi) is 9.19. The van der Waals surface area contributed by atoms with Crippen LogP contribution in [0.1, 0.15) is 77.2 Å². The van der Waals surface area contributed by atoms with E-state index in [1.807, 2.05) is 12.1 Å². The molecule has 0 spiro atoms. The maximum atomic E-state index is 9.27. The summed E-state index contributed by atoms with van der Waals surface area (Å²) in [6.07, 6.45) is 13.5. The van der Waals surface area contributed by atoms with Crippen LogP contribution in [0.15, 0.2) is 24.3 Å². The molecule has 0 unspecified atom stereocenters. The van der Waals surface area contributed by atoms with Gasteiger partial charge in [0.15, 0.2) is 0 Å². The fourth-order valence-electron chi connectivity index (χ4n) is 2.84. The molecule has 20 heavy (non-hydrogen) atoms. The highest BCUT2D eigenvalue weighted by Gasteiger charge is 2.07. The van der Waals surface area contributed by atoms with Crippen molar-refractivity contribution in [2.45, 2.75) is 78.1 Å². The van der Waals surface area contributed by atoms with E-state index < -0.39 is 0 Å². The van der Waals surface area contributed by atoms with Crippen LogP contribution in [0, 0.1) is 5.92 Å². The van der Waals surface area contributed by atoms with Crippen LogP contribution in [0.25, 0.3) is 0 Å². The first-order valence-electron chi connectivity index (χ1n) is 8.54. The Labute approximate surface area is 125 Å². The van der Waals surface area contributed by atoms with Gasteiger partial charge in [-0.1, -0.05) is 77.3 Å². The van der Waals surface area contributed by atoms with Gasteiger partial charge in [0.25, 0.3) is 0 Å². The van der Waals surface area contributed by atoms with Gasteiger partial charge >= 0.3 is 0 Å². The van der Waals surface area contributed by atoms with E-state index in [1.165, 1.54) is 63.4 Å². The third-order valence-corrected chi connectivity index (χ3v) is 4.20. The van der Waals surface area contributed by atoms with Gasteiger partial charge in [-0.25, -0.2) is 0 Å². The van der Waals surface area contributed by atoms with Crippen LogP contribution in [0.2, 0.25) is 0 Å². The van der Waals surface area contributed by atoms with Crippen LogP contribution < -0.4 is 0 Å². The summed E-state index contributed by atoms with van der Waals surface area (Å²) in [6, 6.07) is 7.67. The predicted molar refractivity (Wildman–Crippen MR) is 88.2 cm³/mol. The highest BCUT2D eigenvalue weighted by molar-refractivity contribution is 5.25. The summed E-state index contributed by atoms with van der Waals surface area (Å²) in [6.45, 7) is 4.59. The number of phenolic OH excluding ortho intramolecular Hbond substituents is 1. The van der Waals surface area contributed by atoms with Gasteiger partial charge in [0.2, 0.25) is 0 Å². The van der Waals surface area contributed by atoms with Crippen LogP contribution in [0.3, 0.4) is 0 Å². The monoisotopic (exact) mass is 276 g/mol. The van der Waals surface area contributed by atoms with E-state index in [1.54, 1.807) is 12.1 Å². The molecule has 0 bridgehead atoms. The molecule has 1 N–H and O–H groups in total. The molecule has 0 radical (unpaired) electrons. The number of hydrogen-bond acceptors (Lipinski definition) is 1. The number of phenols is 1. The maximum Gasteiger partial charge on any atom is 0.115 e. The van der Waals surface area contributed by atoms with Gasteiger partial charge in [0.1, 0.15) is 5.75 Å². The average molecular weight is 276 g/mol. The number of unbranched alkanes of at least 4 members (excludes halogenated alkanes) is 3. The van der Waals surface area contributed by atoms with Crippen molar-refractivity contribution >= 4 is 0 Å². The van der Waals surface area contributed by atoms with E-state index in [9.17, 15) is 5.11 Å². The topological polar surface area (TPSA) is 20.2 Å². The van der Waals surface area contributed by atoms with Gasteiger partial charge < -0.3 is 5.11 Å². The van der Waals surface area contributed by atoms with Crippen LogP contribution in [-0.4, -0.2) is 5.11 Å². The van der Waals surface area contributed by atoms with Gasteiger partial charge in [-0.2, -0.15) is 0 Å². The molecule has 0 amide bonds. The molecule has 0 fully saturated rings. The molecule has 0 aliphatic heterocycles. The minimum atomic E-state index is 0.368. The minimum absolute atomic E-state index is 0.368. The van der Waals surface area contributed by atoms with Gasteiger partial charge in [-0.3, -0.25) is 0 Å². The fraction of sp³-hybridized carbons (Fsp3) is 0.684. The van der Waals surface area contributed by atoms with E-state index >= 15 is 0 Å². The smallest absolute Gasteiger partial charge is 0.115 e. The highest BCUT2D eigenvalue weighted by atomic mass is 16.3.